The number of hydrogen-bond acceptors (Lipinski definition) is 14. The molecular formula is C30H24O14. The average Bonchev–Trinajstić information content (AvgIpc) is 2.94. The predicted molar refractivity (Wildman–Crippen MR) is 145 cm³/mol. The van der Waals surface area contributed by atoms with E-state index in [0.29, 0.717) is 0 Å². The minimum atomic E-state index is -2.30. The maximum Gasteiger partial charge on any atom is 0.305 e. The van der Waals surface area contributed by atoms with Crippen LogP contribution in [0.5, 0.6) is 69.0 Å². The van der Waals surface area contributed by atoms with Crippen molar-refractivity contribution in [2.75, 3.05) is 0 Å². The predicted octanol–water partition coefficient (Wildman–Crippen LogP) is 2.20. The van der Waals surface area contributed by atoms with Gasteiger partial charge in [-0.3, -0.25) is 0 Å². The fourth-order valence-corrected chi connectivity index (χ4v) is 6.23. The minimum absolute atomic E-state index is 0.0261. The smallest absolute Gasteiger partial charge is 0.305 e. The normalized spacial score (nSPS) is 24.6. The summed E-state index contributed by atoms with van der Waals surface area (Å²) in [4.78, 5) is 0. The maximum atomic E-state index is 11.9. The van der Waals surface area contributed by atoms with Gasteiger partial charge in [0.25, 0.3) is 0 Å². The molecule has 14 nitrogen and oxygen atoms in total. The summed E-state index contributed by atoms with van der Waals surface area (Å²) in [6.45, 7) is 0. The van der Waals surface area contributed by atoms with Gasteiger partial charge in [0.15, 0.2) is 40.6 Å². The highest BCUT2D eigenvalue weighted by molar-refractivity contribution is 5.68. The number of phenols is 9. The van der Waals surface area contributed by atoms with Gasteiger partial charge in [-0.05, 0) is 24.3 Å². The highest BCUT2D eigenvalue weighted by atomic mass is 16.7. The van der Waals surface area contributed by atoms with E-state index in [1.807, 2.05) is 0 Å². The topological polar surface area (TPSA) is 250 Å². The number of benzene rings is 4. The van der Waals surface area contributed by atoms with Gasteiger partial charge in [0.05, 0.1) is 12.0 Å². The number of aliphatic hydroxyl groups is 2. The highest BCUT2D eigenvalue weighted by Gasteiger charge is 2.60. The van der Waals surface area contributed by atoms with E-state index in [1.165, 1.54) is 6.07 Å². The van der Waals surface area contributed by atoms with Gasteiger partial charge in [0.2, 0.25) is 0 Å². The first-order valence-electron chi connectivity index (χ1n) is 13.2. The van der Waals surface area contributed by atoms with Crippen LogP contribution in [0, 0.1) is 0 Å². The Labute approximate surface area is 246 Å². The van der Waals surface area contributed by atoms with E-state index in [-0.39, 0.29) is 51.5 Å². The van der Waals surface area contributed by atoms with Crippen LogP contribution in [0.3, 0.4) is 0 Å². The van der Waals surface area contributed by atoms with E-state index >= 15 is 0 Å². The van der Waals surface area contributed by atoms with E-state index in [4.69, 9.17) is 14.2 Å². The van der Waals surface area contributed by atoms with Crippen molar-refractivity contribution in [2.45, 2.75) is 36.4 Å². The van der Waals surface area contributed by atoms with Crippen LogP contribution in [0.4, 0.5) is 0 Å². The fourth-order valence-electron chi connectivity index (χ4n) is 6.23. The Bertz CT molecular complexity index is 1840. The number of aromatic hydroxyl groups is 9. The summed E-state index contributed by atoms with van der Waals surface area (Å²) in [7, 11) is 0. The molecule has 4 aromatic carbocycles. The molecule has 228 valence electrons. The second-order valence-electron chi connectivity index (χ2n) is 10.9. The molecule has 14 heteroatoms. The maximum absolute atomic E-state index is 11.9. The van der Waals surface area contributed by atoms with E-state index in [2.05, 4.69) is 0 Å². The van der Waals surface area contributed by atoms with Crippen molar-refractivity contribution in [1.29, 1.82) is 0 Å². The lowest BCUT2D eigenvalue weighted by Crippen LogP contribution is -2.57. The van der Waals surface area contributed by atoms with Crippen LogP contribution in [-0.4, -0.2) is 68.4 Å². The molecular weight excluding hydrogens is 584 g/mol. The molecule has 0 aromatic heterocycles. The van der Waals surface area contributed by atoms with Gasteiger partial charge in [-0.15, -0.1) is 0 Å². The van der Waals surface area contributed by atoms with Gasteiger partial charge in [-0.1, -0.05) is 0 Å². The molecule has 0 amide bonds. The number of fused-ring (bicyclic) bond motifs is 8. The zero-order valence-corrected chi connectivity index (χ0v) is 22.2. The van der Waals surface area contributed by atoms with Gasteiger partial charge in [0, 0.05) is 52.4 Å². The Morgan fingerprint density at radius 3 is 1.80 bits per heavy atom. The molecule has 3 heterocycles. The monoisotopic (exact) mass is 608 g/mol. The van der Waals surface area contributed by atoms with Gasteiger partial charge in [-0.25, -0.2) is 0 Å². The highest BCUT2D eigenvalue weighted by Crippen LogP contribution is 2.62. The lowest BCUT2D eigenvalue weighted by molar-refractivity contribution is -0.219. The number of phenolic OH excluding ortho intramolecular Hbond substituents is 9. The molecule has 0 saturated heterocycles. The lowest BCUT2D eigenvalue weighted by atomic mass is 9.74. The van der Waals surface area contributed by atoms with Crippen LogP contribution >= 0.6 is 0 Å². The average molecular weight is 609 g/mol. The zero-order valence-electron chi connectivity index (χ0n) is 22.2. The van der Waals surface area contributed by atoms with Crippen LogP contribution in [0.15, 0.2) is 42.5 Å². The Morgan fingerprint density at radius 1 is 0.614 bits per heavy atom. The lowest BCUT2D eigenvalue weighted by Gasteiger charge is -2.50. The summed E-state index contributed by atoms with van der Waals surface area (Å²) in [5.74, 6) is -9.88. The number of hydrogen-bond donors (Lipinski definition) is 11. The molecule has 0 aliphatic carbocycles. The van der Waals surface area contributed by atoms with Crippen molar-refractivity contribution in [3.05, 3.63) is 70.3 Å². The molecule has 3 aliphatic rings. The summed E-state index contributed by atoms with van der Waals surface area (Å²) in [5, 5.41) is 116. The van der Waals surface area contributed by atoms with E-state index < -0.39 is 81.8 Å². The number of ether oxygens (including phenoxy) is 3. The standard InChI is InChI=1S/C30H24O14/c31-11-5-14(33)22-20(6-11)43-30(10-3-17(36)26(40)18(37)4-10)29(41)24(22)23-21(44-30)8-13(32)12-7-19(38)27(42-28(12)23)9-1-15(34)25(39)16(35)2-9/h1-6,8,19,24,27,29,31-41H,7H2/t19-,24+,27+,29+,30-/m0/s1. The van der Waals surface area contributed by atoms with E-state index in [9.17, 15) is 56.2 Å². The first kappa shape index (κ1) is 27.2. The minimum Gasteiger partial charge on any atom is -0.508 e. The molecule has 0 radical (unpaired) electrons. The van der Waals surface area contributed by atoms with Crippen LogP contribution in [0.25, 0.3) is 0 Å². The molecule has 0 spiro atoms. The van der Waals surface area contributed by atoms with Gasteiger partial charge >= 0.3 is 5.79 Å². The molecule has 5 atom stereocenters. The molecule has 0 saturated carbocycles. The molecule has 0 unspecified atom stereocenters. The third-order valence-corrected chi connectivity index (χ3v) is 8.22. The third-order valence-electron chi connectivity index (χ3n) is 8.22. The molecule has 7 rings (SSSR count). The van der Waals surface area contributed by atoms with Gasteiger partial charge in [-0.2, -0.15) is 0 Å². The Balaban J connectivity index is 1.48. The van der Waals surface area contributed by atoms with Crippen molar-refractivity contribution in [3.8, 4) is 69.0 Å². The summed E-state index contributed by atoms with van der Waals surface area (Å²) in [6.07, 6.45) is -4.63. The summed E-state index contributed by atoms with van der Waals surface area (Å²) in [6, 6.07) is 7.40. The van der Waals surface area contributed by atoms with Crippen LogP contribution in [-0.2, 0) is 12.2 Å². The Morgan fingerprint density at radius 2 is 1.18 bits per heavy atom. The second kappa shape index (κ2) is 8.95. The molecule has 3 aliphatic heterocycles. The molecule has 0 fully saturated rings. The quantitative estimate of drug-likeness (QED) is 0.146. The largest absolute Gasteiger partial charge is 0.508 e. The Kier molecular flexibility index (Phi) is 5.54. The van der Waals surface area contributed by atoms with Gasteiger partial charge in [0.1, 0.15) is 40.6 Å². The van der Waals surface area contributed by atoms with E-state index in [0.717, 1.165) is 36.4 Å². The molecule has 11 N–H and O–H groups in total. The van der Waals surface area contributed by atoms with Crippen molar-refractivity contribution in [2.24, 2.45) is 0 Å². The number of rotatable bonds is 2. The van der Waals surface area contributed by atoms with Crippen molar-refractivity contribution < 1.29 is 70.4 Å². The first-order valence-corrected chi connectivity index (χ1v) is 13.2. The molecule has 44 heavy (non-hydrogen) atoms. The van der Waals surface area contributed by atoms with Crippen molar-refractivity contribution in [1.82, 2.24) is 0 Å². The Hall–Kier alpha value is -5.60. The molecule has 2 bridgehead atoms. The SMILES string of the molecule is Oc1cc(O)c2c(c1)O[C@@]1(c3cc(O)c(O)c(O)c3)Oc3cc(O)c4c(c3[C@@H]2[C@H]1O)O[C@H](c1cc(O)c(O)c(O)c1)[C@@H](O)C4. The molecule has 4 aromatic rings. The number of aliphatic hydroxyl groups excluding tert-OH is 2. The van der Waals surface area contributed by atoms with E-state index in [1.54, 1.807) is 0 Å². The summed E-state index contributed by atoms with van der Waals surface area (Å²) < 4.78 is 18.4. The van der Waals surface area contributed by atoms with Crippen LogP contribution in [0.1, 0.15) is 39.8 Å². The van der Waals surface area contributed by atoms with Crippen molar-refractivity contribution >= 4 is 0 Å². The first-order chi connectivity index (χ1) is 20.8. The van der Waals surface area contributed by atoms with Crippen LogP contribution < -0.4 is 14.2 Å². The fraction of sp³-hybridized carbons (Fsp3) is 0.200. The second-order valence-corrected chi connectivity index (χ2v) is 10.9. The zero-order chi connectivity index (χ0) is 31.4. The van der Waals surface area contributed by atoms with Crippen molar-refractivity contribution in [3.63, 3.8) is 0 Å². The third kappa shape index (κ3) is 3.61. The summed E-state index contributed by atoms with van der Waals surface area (Å²) >= 11 is 0. The van der Waals surface area contributed by atoms with Gasteiger partial charge < -0.3 is 70.4 Å². The summed E-state index contributed by atoms with van der Waals surface area (Å²) in [5.41, 5.74) is -0.00268. The van der Waals surface area contributed by atoms with Crippen LogP contribution in [0.2, 0.25) is 0 Å².